The van der Waals surface area contributed by atoms with Crippen molar-refractivity contribution in [1.82, 2.24) is 15.1 Å². The van der Waals surface area contributed by atoms with Crippen LogP contribution in [0.5, 0.6) is 17.2 Å². The van der Waals surface area contributed by atoms with E-state index in [1.54, 1.807) is 0 Å². The lowest BCUT2D eigenvalue weighted by Gasteiger charge is -2.33. The zero-order valence-electron chi connectivity index (χ0n) is 21.1. The average Bonchev–Trinajstić information content (AvgIpc) is 3.66. The van der Waals surface area contributed by atoms with Gasteiger partial charge in [-0.1, -0.05) is 26.0 Å². The Morgan fingerprint density at radius 1 is 1.03 bits per heavy atom. The van der Waals surface area contributed by atoms with E-state index in [0.717, 1.165) is 42.8 Å². The fraction of sp³-hybridized carbons (Fsp3) is 0.429. The Balaban J connectivity index is 1.03. The van der Waals surface area contributed by atoms with Crippen LogP contribution >= 0.6 is 0 Å². The van der Waals surface area contributed by atoms with Crippen LogP contribution in [0.1, 0.15) is 50.0 Å². The van der Waals surface area contributed by atoms with Crippen LogP contribution in [0, 0.1) is 0 Å². The van der Waals surface area contributed by atoms with Gasteiger partial charge in [0.1, 0.15) is 24.0 Å². The fourth-order valence-electron chi connectivity index (χ4n) is 4.99. The Kier molecular flexibility index (Phi) is 6.48. The third-order valence-electron chi connectivity index (χ3n) is 7.02. The highest BCUT2D eigenvalue weighted by Gasteiger charge is 2.25. The van der Waals surface area contributed by atoms with Gasteiger partial charge in [-0.05, 0) is 61.7 Å². The van der Waals surface area contributed by atoms with Gasteiger partial charge in [-0.2, -0.15) is 0 Å². The summed E-state index contributed by atoms with van der Waals surface area (Å²) < 4.78 is 28.6. The summed E-state index contributed by atoms with van der Waals surface area (Å²) >= 11 is 0. The number of hydrogen-bond acceptors (Lipinski definition) is 9. The summed E-state index contributed by atoms with van der Waals surface area (Å²) in [6, 6.07) is 13.7. The van der Waals surface area contributed by atoms with E-state index >= 15 is 0 Å². The molecule has 1 saturated heterocycles. The standard InChI is InChI=1S/C28H31N3O6/c1-17(2)27-29-30-28(37-27)26-13-21-22(4-3-5-23(21)36-26)33-15-20(32)14-31-10-8-18(9-11-31)19-6-7-24-25(12-19)35-16-34-24/h3-7,12-13,17-18,20,32H,8-11,14-16H2,1-2H3. The molecule has 1 fully saturated rings. The van der Waals surface area contributed by atoms with E-state index < -0.39 is 6.10 Å². The van der Waals surface area contributed by atoms with Crippen LogP contribution < -0.4 is 14.2 Å². The van der Waals surface area contributed by atoms with Crippen LogP contribution in [0.4, 0.5) is 0 Å². The smallest absolute Gasteiger partial charge is 0.283 e. The molecule has 0 spiro atoms. The van der Waals surface area contributed by atoms with E-state index in [9.17, 15) is 5.11 Å². The number of rotatable bonds is 8. The Morgan fingerprint density at radius 3 is 2.68 bits per heavy atom. The van der Waals surface area contributed by atoms with E-state index in [-0.39, 0.29) is 12.5 Å². The van der Waals surface area contributed by atoms with Gasteiger partial charge in [0.2, 0.25) is 12.7 Å². The van der Waals surface area contributed by atoms with Crippen molar-refractivity contribution < 1.29 is 28.2 Å². The summed E-state index contributed by atoms with van der Waals surface area (Å²) in [5.41, 5.74) is 1.96. The molecule has 0 bridgehead atoms. The number of β-amino-alcohol motifs (C(OH)–C–C–N with tert-alkyl or cyclic N) is 1. The van der Waals surface area contributed by atoms with Gasteiger partial charge >= 0.3 is 0 Å². The molecule has 2 aliphatic heterocycles. The van der Waals surface area contributed by atoms with Gasteiger partial charge in [0.05, 0.1) is 5.39 Å². The maximum absolute atomic E-state index is 10.7. The Bertz CT molecular complexity index is 1370. The van der Waals surface area contributed by atoms with Crippen molar-refractivity contribution >= 4 is 11.0 Å². The molecular formula is C28H31N3O6. The van der Waals surface area contributed by atoms with Crippen LogP contribution in [-0.2, 0) is 0 Å². The monoisotopic (exact) mass is 505 g/mol. The summed E-state index contributed by atoms with van der Waals surface area (Å²) in [6.45, 7) is 6.91. The third kappa shape index (κ3) is 5.01. The normalized spacial score (nSPS) is 17.1. The zero-order chi connectivity index (χ0) is 25.4. The molecule has 1 atom stereocenters. The van der Waals surface area contributed by atoms with Gasteiger partial charge in [0, 0.05) is 18.5 Å². The molecule has 0 radical (unpaired) electrons. The lowest BCUT2D eigenvalue weighted by Crippen LogP contribution is -2.40. The first-order chi connectivity index (χ1) is 18.0. The molecule has 0 aliphatic carbocycles. The maximum Gasteiger partial charge on any atom is 0.283 e. The van der Waals surface area contributed by atoms with Gasteiger partial charge < -0.3 is 33.1 Å². The van der Waals surface area contributed by atoms with Crippen LogP contribution in [0.15, 0.2) is 51.3 Å². The van der Waals surface area contributed by atoms with Crippen LogP contribution in [0.2, 0.25) is 0 Å². The third-order valence-corrected chi connectivity index (χ3v) is 7.02. The van der Waals surface area contributed by atoms with Crippen molar-refractivity contribution in [3.05, 3.63) is 53.9 Å². The number of hydrogen-bond donors (Lipinski definition) is 1. The minimum atomic E-state index is -0.603. The van der Waals surface area contributed by atoms with Crippen LogP contribution in [0.25, 0.3) is 22.6 Å². The SMILES string of the molecule is CC(C)c1nnc(-c2cc3c(OCC(O)CN4CCC(c5ccc6c(c5)OCO6)CC4)cccc3o2)o1. The second-order valence-corrected chi connectivity index (χ2v) is 10.0. The van der Waals surface area contributed by atoms with Gasteiger partial charge in [-0.3, -0.25) is 0 Å². The van der Waals surface area contributed by atoms with Crippen molar-refractivity contribution in [3.8, 4) is 28.9 Å². The summed E-state index contributed by atoms with van der Waals surface area (Å²) in [4.78, 5) is 2.30. The number of likely N-dealkylation sites (tertiary alicyclic amines) is 1. The van der Waals surface area contributed by atoms with Crippen molar-refractivity contribution in [3.63, 3.8) is 0 Å². The first-order valence-electron chi connectivity index (χ1n) is 12.8. The summed E-state index contributed by atoms with van der Waals surface area (Å²) in [6.07, 6.45) is 1.48. The van der Waals surface area contributed by atoms with Gasteiger partial charge in [-0.15, -0.1) is 10.2 Å². The lowest BCUT2D eigenvalue weighted by molar-refractivity contribution is 0.0599. The van der Waals surface area contributed by atoms with Crippen molar-refractivity contribution in [2.75, 3.05) is 33.0 Å². The predicted octanol–water partition coefficient (Wildman–Crippen LogP) is 4.95. The molecule has 37 heavy (non-hydrogen) atoms. The molecule has 2 aliphatic rings. The molecule has 0 saturated carbocycles. The second kappa shape index (κ2) is 10.1. The van der Waals surface area contributed by atoms with E-state index in [2.05, 4.69) is 27.2 Å². The van der Waals surface area contributed by atoms with Crippen LogP contribution in [0.3, 0.4) is 0 Å². The largest absolute Gasteiger partial charge is 0.490 e. The average molecular weight is 506 g/mol. The fourth-order valence-corrected chi connectivity index (χ4v) is 4.99. The molecule has 0 amide bonds. The molecule has 1 N–H and O–H groups in total. The van der Waals surface area contributed by atoms with E-state index in [4.69, 9.17) is 23.0 Å². The summed E-state index contributed by atoms with van der Waals surface area (Å²) in [5, 5.41) is 19.7. The summed E-state index contributed by atoms with van der Waals surface area (Å²) in [7, 11) is 0. The molecule has 4 heterocycles. The first-order valence-corrected chi connectivity index (χ1v) is 12.8. The number of aliphatic hydroxyl groups excluding tert-OH is 1. The number of furan rings is 1. The molecule has 6 rings (SSSR count). The highest BCUT2D eigenvalue weighted by molar-refractivity contribution is 5.87. The maximum atomic E-state index is 10.7. The van der Waals surface area contributed by atoms with Crippen molar-refractivity contribution in [2.45, 2.75) is 44.6 Å². The number of aromatic nitrogens is 2. The minimum absolute atomic E-state index is 0.139. The van der Waals surface area contributed by atoms with E-state index in [1.165, 1.54) is 5.56 Å². The molecule has 9 heteroatoms. The minimum Gasteiger partial charge on any atom is -0.490 e. The second-order valence-electron chi connectivity index (χ2n) is 10.0. The molecular weight excluding hydrogens is 474 g/mol. The predicted molar refractivity (Wildman–Crippen MR) is 136 cm³/mol. The quantitative estimate of drug-likeness (QED) is 0.356. The zero-order valence-corrected chi connectivity index (χ0v) is 21.1. The number of aliphatic hydroxyl groups is 1. The highest BCUT2D eigenvalue weighted by atomic mass is 16.7. The van der Waals surface area contributed by atoms with Crippen molar-refractivity contribution in [2.24, 2.45) is 0 Å². The first kappa shape index (κ1) is 23.8. The molecule has 194 valence electrons. The Labute approximate surface area is 214 Å². The molecule has 9 nitrogen and oxygen atoms in total. The van der Waals surface area contributed by atoms with Crippen LogP contribution in [-0.4, -0.2) is 59.3 Å². The molecule has 2 aromatic heterocycles. The van der Waals surface area contributed by atoms with Gasteiger partial charge in [0.15, 0.2) is 17.3 Å². The van der Waals surface area contributed by atoms with Crippen molar-refractivity contribution in [1.29, 1.82) is 0 Å². The molecule has 2 aromatic carbocycles. The Hall–Kier alpha value is -3.56. The molecule has 1 unspecified atom stereocenters. The number of ether oxygens (including phenoxy) is 3. The number of nitrogens with zero attached hydrogens (tertiary/aromatic N) is 3. The van der Waals surface area contributed by atoms with Gasteiger partial charge in [0.25, 0.3) is 5.89 Å². The lowest BCUT2D eigenvalue weighted by atomic mass is 9.89. The van der Waals surface area contributed by atoms with Gasteiger partial charge in [-0.25, -0.2) is 0 Å². The summed E-state index contributed by atoms with van der Waals surface area (Å²) in [5.74, 6) is 4.34. The number of benzene rings is 2. The molecule has 4 aromatic rings. The topological polar surface area (TPSA) is 103 Å². The number of fused-ring (bicyclic) bond motifs is 2. The van der Waals surface area contributed by atoms with E-state index in [0.29, 0.717) is 48.1 Å². The number of piperidine rings is 1. The Morgan fingerprint density at radius 2 is 1.86 bits per heavy atom. The highest BCUT2D eigenvalue weighted by Crippen LogP contribution is 2.37. The van der Waals surface area contributed by atoms with E-state index in [1.807, 2.05) is 44.2 Å².